The van der Waals surface area contributed by atoms with Crippen molar-refractivity contribution in [3.8, 4) is 0 Å². The van der Waals surface area contributed by atoms with E-state index in [1.807, 2.05) is 13.8 Å². The Bertz CT molecular complexity index is 452. The summed E-state index contributed by atoms with van der Waals surface area (Å²) in [5.74, 6) is 0. The van der Waals surface area contributed by atoms with Crippen LogP contribution in [0.3, 0.4) is 0 Å². The molecule has 5 heteroatoms. The quantitative estimate of drug-likeness (QED) is 0.834. The Morgan fingerprint density at radius 3 is 2.67 bits per heavy atom. The summed E-state index contributed by atoms with van der Waals surface area (Å²) in [5.41, 5.74) is 7.86. The molecule has 0 fully saturated rings. The van der Waals surface area contributed by atoms with Crippen LogP contribution >= 0.6 is 11.3 Å². The second-order valence-electron chi connectivity index (χ2n) is 3.29. The van der Waals surface area contributed by atoms with E-state index in [4.69, 9.17) is 5.73 Å². The van der Waals surface area contributed by atoms with E-state index in [1.165, 1.54) is 0 Å². The molecule has 2 rings (SSSR count). The standard InChI is InChI=1S/C10H12N4S/c1-6-10(15-7(2)14-6)9(11)8-5-12-3-4-13-8/h3-5,9H,11H2,1-2H3. The number of rotatable bonds is 2. The van der Waals surface area contributed by atoms with Crippen LogP contribution in [0.15, 0.2) is 18.6 Å². The molecular formula is C10H12N4S. The van der Waals surface area contributed by atoms with Gasteiger partial charge in [0.1, 0.15) is 0 Å². The van der Waals surface area contributed by atoms with E-state index in [0.29, 0.717) is 0 Å². The number of thiazole rings is 1. The molecule has 78 valence electrons. The predicted octanol–water partition coefficient (Wildman–Crippen LogP) is 1.60. The van der Waals surface area contributed by atoms with Gasteiger partial charge in [-0.15, -0.1) is 11.3 Å². The van der Waals surface area contributed by atoms with E-state index in [1.54, 1.807) is 29.9 Å². The van der Waals surface area contributed by atoms with Gasteiger partial charge in [-0.3, -0.25) is 9.97 Å². The summed E-state index contributed by atoms with van der Waals surface area (Å²) in [6.07, 6.45) is 4.98. The van der Waals surface area contributed by atoms with Gasteiger partial charge in [-0.05, 0) is 13.8 Å². The smallest absolute Gasteiger partial charge is 0.0900 e. The molecule has 0 aliphatic heterocycles. The van der Waals surface area contributed by atoms with Crippen LogP contribution in [-0.4, -0.2) is 15.0 Å². The largest absolute Gasteiger partial charge is 0.318 e. The minimum absolute atomic E-state index is 0.218. The van der Waals surface area contributed by atoms with Gasteiger partial charge in [-0.2, -0.15) is 0 Å². The summed E-state index contributed by atoms with van der Waals surface area (Å²) in [6, 6.07) is -0.218. The molecule has 4 nitrogen and oxygen atoms in total. The molecule has 1 unspecified atom stereocenters. The zero-order chi connectivity index (χ0) is 10.8. The molecule has 0 spiro atoms. The van der Waals surface area contributed by atoms with E-state index < -0.39 is 0 Å². The van der Waals surface area contributed by atoms with Crippen LogP contribution in [0.5, 0.6) is 0 Å². The lowest BCUT2D eigenvalue weighted by atomic mass is 10.2. The van der Waals surface area contributed by atoms with Gasteiger partial charge < -0.3 is 5.73 Å². The van der Waals surface area contributed by atoms with Crippen LogP contribution in [0.25, 0.3) is 0 Å². The van der Waals surface area contributed by atoms with Crippen LogP contribution in [0, 0.1) is 13.8 Å². The molecule has 2 aromatic heterocycles. The fourth-order valence-electron chi connectivity index (χ4n) is 1.44. The van der Waals surface area contributed by atoms with Crippen LogP contribution in [0.4, 0.5) is 0 Å². The number of hydrogen-bond acceptors (Lipinski definition) is 5. The summed E-state index contributed by atoms with van der Waals surface area (Å²) in [6.45, 7) is 3.94. The van der Waals surface area contributed by atoms with Crippen LogP contribution in [0.1, 0.15) is 27.3 Å². The van der Waals surface area contributed by atoms with Crippen molar-refractivity contribution in [1.82, 2.24) is 15.0 Å². The second-order valence-corrected chi connectivity index (χ2v) is 4.53. The topological polar surface area (TPSA) is 64.7 Å². The van der Waals surface area contributed by atoms with Gasteiger partial charge in [-0.1, -0.05) is 0 Å². The Morgan fingerprint density at radius 1 is 1.33 bits per heavy atom. The zero-order valence-corrected chi connectivity index (χ0v) is 9.45. The average molecular weight is 220 g/mol. The first-order valence-electron chi connectivity index (χ1n) is 4.64. The maximum absolute atomic E-state index is 6.10. The lowest BCUT2D eigenvalue weighted by Gasteiger charge is -2.08. The Balaban J connectivity index is 2.36. The summed E-state index contributed by atoms with van der Waals surface area (Å²) < 4.78 is 0. The molecule has 2 heterocycles. The van der Waals surface area contributed by atoms with Gasteiger partial charge in [0.2, 0.25) is 0 Å². The van der Waals surface area contributed by atoms with Gasteiger partial charge in [0, 0.05) is 12.4 Å². The number of hydrogen-bond donors (Lipinski definition) is 1. The summed E-state index contributed by atoms with van der Waals surface area (Å²) in [5, 5.41) is 1.03. The Hall–Kier alpha value is -1.33. The molecule has 0 bridgehead atoms. The van der Waals surface area contributed by atoms with Gasteiger partial charge in [0.25, 0.3) is 0 Å². The monoisotopic (exact) mass is 220 g/mol. The first kappa shape index (κ1) is 10.2. The highest BCUT2D eigenvalue weighted by Crippen LogP contribution is 2.26. The van der Waals surface area contributed by atoms with Crippen molar-refractivity contribution in [3.63, 3.8) is 0 Å². The maximum Gasteiger partial charge on any atom is 0.0900 e. The van der Waals surface area contributed by atoms with Gasteiger partial charge >= 0.3 is 0 Å². The lowest BCUT2D eigenvalue weighted by Crippen LogP contribution is -2.13. The van der Waals surface area contributed by atoms with E-state index in [-0.39, 0.29) is 6.04 Å². The van der Waals surface area contributed by atoms with Crippen molar-refractivity contribution >= 4 is 11.3 Å². The van der Waals surface area contributed by atoms with Crippen molar-refractivity contribution in [2.24, 2.45) is 5.73 Å². The van der Waals surface area contributed by atoms with E-state index in [9.17, 15) is 0 Å². The summed E-state index contributed by atoms with van der Waals surface area (Å²) >= 11 is 1.61. The van der Waals surface area contributed by atoms with Gasteiger partial charge in [0.15, 0.2) is 0 Å². The first-order chi connectivity index (χ1) is 7.18. The van der Waals surface area contributed by atoms with Crippen LogP contribution in [0.2, 0.25) is 0 Å². The Morgan fingerprint density at radius 2 is 2.13 bits per heavy atom. The molecular weight excluding hydrogens is 208 g/mol. The first-order valence-corrected chi connectivity index (χ1v) is 5.45. The maximum atomic E-state index is 6.10. The summed E-state index contributed by atoms with van der Waals surface area (Å²) in [4.78, 5) is 13.6. The molecule has 0 aliphatic carbocycles. The fraction of sp³-hybridized carbons (Fsp3) is 0.300. The lowest BCUT2D eigenvalue weighted by molar-refractivity contribution is 0.823. The van der Waals surface area contributed by atoms with Crippen molar-refractivity contribution in [2.45, 2.75) is 19.9 Å². The minimum Gasteiger partial charge on any atom is -0.318 e. The van der Waals surface area contributed by atoms with Crippen molar-refractivity contribution in [1.29, 1.82) is 0 Å². The van der Waals surface area contributed by atoms with Crippen LogP contribution < -0.4 is 5.73 Å². The molecule has 0 radical (unpaired) electrons. The average Bonchev–Trinajstić information content (AvgIpc) is 2.58. The number of aromatic nitrogens is 3. The number of aryl methyl sites for hydroxylation is 2. The van der Waals surface area contributed by atoms with Crippen LogP contribution in [-0.2, 0) is 0 Å². The minimum atomic E-state index is -0.218. The van der Waals surface area contributed by atoms with E-state index in [2.05, 4.69) is 15.0 Å². The van der Waals surface area contributed by atoms with E-state index >= 15 is 0 Å². The molecule has 0 saturated heterocycles. The molecule has 15 heavy (non-hydrogen) atoms. The predicted molar refractivity (Wildman–Crippen MR) is 59.7 cm³/mol. The fourth-order valence-corrected chi connectivity index (χ4v) is 2.38. The molecule has 2 N–H and O–H groups in total. The zero-order valence-electron chi connectivity index (χ0n) is 8.64. The molecule has 0 aromatic carbocycles. The molecule has 1 atom stereocenters. The second kappa shape index (κ2) is 4.04. The van der Waals surface area contributed by atoms with Crippen molar-refractivity contribution < 1.29 is 0 Å². The van der Waals surface area contributed by atoms with Gasteiger partial charge in [-0.25, -0.2) is 4.98 Å². The highest BCUT2D eigenvalue weighted by atomic mass is 32.1. The SMILES string of the molecule is Cc1nc(C)c(C(N)c2cnccn2)s1. The Kier molecular flexibility index (Phi) is 2.75. The van der Waals surface area contributed by atoms with Gasteiger partial charge in [0.05, 0.1) is 33.5 Å². The highest BCUT2D eigenvalue weighted by molar-refractivity contribution is 7.11. The van der Waals surface area contributed by atoms with E-state index in [0.717, 1.165) is 21.3 Å². The van der Waals surface area contributed by atoms with Crippen molar-refractivity contribution in [3.05, 3.63) is 39.9 Å². The molecule has 0 saturated carbocycles. The third-order valence-electron chi connectivity index (χ3n) is 2.12. The normalized spacial score (nSPS) is 12.7. The molecule has 0 aliphatic rings. The third-order valence-corrected chi connectivity index (χ3v) is 3.28. The summed E-state index contributed by atoms with van der Waals surface area (Å²) in [7, 11) is 0. The highest BCUT2D eigenvalue weighted by Gasteiger charge is 2.16. The third kappa shape index (κ3) is 2.03. The van der Waals surface area contributed by atoms with Crippen molar-refractivity contribution in [2.75, 3.05) is 0 Å². The number of nitrogens with zero attached hydrogens (tertiary/aromatic N) is 3. The molecule has 2 aromatic rings. The molecule has 0 amide bonds. The Labute approximate surface area is 92.2 Å². The number of nitrogens with two attached hydrogens (primary N) is 1.